The SMILES string of the molecule is CCOc1ccccc1CCN=C(N)Nc1ccc(OC)cc1.I. The van der Waals surface area contributed by atoms with Crippen molar-refractivity contribution in [1.29, 1.82) is 0 Å². The molecule has 0 saturated carbocycles. The summed E-state index contributed by atoms with van der Waals surface area (Å²) in [5, 5.41) is 3.06. The summed E-state index contributed by atoms with van der Waals surface area (Å²) >= 11 is 0. The number of rotatable bonds is 7. The van der Waals surface area contributed by atoms with Crippen LogP contribution >= 0.6 is 24.0 Å². The third-order valence-electron chi connectivity index (χ3n) is 3.30. The third kappa shape index (κ3) is 6.27. The average Bonchev–Trinajstić information content (AvgIpc) is 2.57. The Bertz CT molecular complexity index is 645. The average molecular weight is 441 g/mol. The number of guanidine groups is 1. The van der Waals surface area contributed by atoms with E-state index in [1.807, 2.05) is 55.5 Å². The van der Waals surface area contributed by atoms with Gasteiger partial charge in [-0.1, -0.05) is 18.2 Å². The number of nitrogens with two attached hydrogens (primary N) is 1. The number of nitrogens with one attached hydrogen (secondary N) is 1. The second kappa shape index (κ2) is 10.7. The first-order chi connectivity index (χ1) is 11.2. The monoisotopic (exact) mass is 441 g/mol. The van der Waals surface area contributed by atoms with E-state index in [9.17, 15) is 0 Å². The molecule has 2 aromatic carbocycles. The number of hydrogen-bond acceptors (Lipinski definition) is 3. The Balaban J connectivity index is 0.00000288. The smallest absolute Gasteiger partial charge is 0.193 e. The van der Waals surface area contributed by atoms with E-state index in [4.69, 9.17) is 15.2 Å². The van der Waals surface area contributed by atoms with E-state index in [1.54, 1.807) is 7.11 Å². The number of methoxy groups -OCH3 is 1. The van der Waals surface area contributed by atoms with Gasteiger partial charge in [-0.3, -0.25) is 4.99 Å². The molecule has 0 heterocycles. The van der Waals surface area contributed by atoms with Crippen molar-refractivity contribution in [1.82, 2.24) is 0 Å². The zero-order valence-electron chi connectivity index (χ0n) is 14.0. The highest BCUT2D eigenvalue weighted by molar-refractivity contribution is 14.0. The van der Waals surface area contributed by atoms with Crippen LogP contribution in [-0.2, 0) is 6.42 Å². The molecule has 0 unspecified atom stereocenters. The van der Waals surface area contributed by atoms with E-state index in [0.29, 0.717) is 19.1 Å². The standard InChI is InChI=1S/C18H23N3O2.HI/c1-3-23-17-7-5-4-6-14(17)12-13-20-18(19)21-15-8-10-16(22-2)11-9-15;/h4-11H,3,12-13H2,1-2H3,(H3,19,20,21);1H. The van der Waals surface area contributed by atoms with Crippen LogP contribution in [0.4, 0.5) is 5.69 Å². The van der Waals surface area contributed by atoms with Gasteiger partial charge in [-0.2, -0.15) is 0 Å². The zero-order chi connectivity index (χ0) is 16.5. The molecule has 0 aliphatic rings. The predicted molar refractivity (Wildman–Crippen MR) is 110 cm³/mol. The topological polar surface area (TPSA) is 68.9 Å². The Morgan fingerprint density at radius 2 is 1.83 bits per heavy atom. The maximum atomic E-state index is 5.91. The molecule has 0 bridgehead atoms. The minimum Gasteiger partial charge on any atom is -0.497 e. The van der Waals surface area contributed by atoms with Crippen LogP contribution in [0.25, 0.3) is 0 Å². The lowest BCUT2D eigenvalue weighted by molar-refractivity contribution is 0.336. The maximum absolute atomic E-state index is 5.91. The Morgan fingerprint density at radius 3 is 2.50 bits per heavy atom. The number of para-hydroxylation sites is 1. The van der Waals surface area contributed by atoms with Crippen LogP contribution in [0.15, 0.2) is 53.5 Å². The van der Waals surface area contributed by atoms with Crippen molar-refractivity contribution in [3.05, 3.63) is 54.1 Å². The predicted octanol–water partition coefficient (Wildman–Crippen LogP) is 3.68. The molecule has 2 aromatic rings. The van der Waals surface area contributed by atoms with Crippen LogP contribution in [0.1, 0.15) is 12.5 Å². The second-order valence-electron chi connectivity index (χ2n) is 4.91. The van der Waals surface area contributed by atoms with E-state index in [-0.39, 0.29) is 24.0 Å². The molecule has 0 fully saturated rings. The molecule has 2 rings (SSSR count). The molecule has 24 heavy (non-hydrogen) atoms. The summed E-state index contributed by atoms with van der Waals surface area (Å²) in [6, 6.07) is 15.5. The summed E-state index contributed by atoms with van der Waals surface area (Å²) in [6.45, 7) is 3.23. The van der Waals surface area contributed by atoms with Crippen molar-refractivity contribution >= 4 is 35.6 Å². The molecular weight excluding hydrogens is 417 g/mol. The Morgan fingerprint density at radius 1 is 1.12 bits per heavy atom. The lowest BCUT2D eigenvalue weighted by atomic mass is 10.1. The molecule has 5 nitrogen and oxygen atoms in total. The van der Waals surface area contributed by atoms with E-state index < -0.39 is 0 Å². The first-order valence-electron chi connectivity index (χ1n) is 7.64. The highest BCUT2D eigenvalue weighted by Crippen LogP contribution is 2.18. The summed E-state index contributed by atoms with van der Waals surface area (Å²) in [5.41, 5.74) is 7.92. The van der Waals surface area contributed by atoms with Crippen LogP contribution in [0.5, 0.6) is 11.5 Å². The quantitative estimate of drug-likeness (QED) is 0.391. The van der Waals surface area contributed by atoms with E-state index in [0.717, 1.165) is 29.2 Å². The largest absolute Gasteiger partial charge is 0.497 e. The number of nitrogens with zero attached hydrogens (tertiary/aromatic N) is 1. The zero-order valence-corrected chi connectivity index (χ0v) is 16.3. The van der Waals surface area contributed by atoms with Gasteiger partial charge in [0.25, 0.3) is 0 Å². The number of ether oxygens (including phenoxy) is 2. The summed E-state index contributed by atoms with van der Waals surface area (Å²) in [5.74, 6) is 2.11. The number of aliphatic imine (C=N–C) groups is 1. The van der Waals surface area contributed by atoms with Gasteiger partial charge in [0.05, 0.1) is 13.7 Å². The van der Waals surface area contributed by atoms with Crippen molar-refractivity contribution < 1.29 is 9.47 Å². The summed E-state index contributed by atoms with van der Waals surface area (Å²) in [6.07, 6.45) is 0.779. The minimum absolute atomic E-state index is 0. The van der Waals surface area contributed by atoms with Crippen molar-refractivity contribution in [2.24, 2.45) is 10.7 Å². The molecular formula is C18H24IN3O2. The van der Waals surface area contributed by atoms with E-state index in [1.165, 1.54) is 0 Å². The van der Waals surface area contributed by atoms with Crippen molar-refractivity contribution in [2.45, 2.75) is 13.3 Å². The van der Waals surface area contributed by atoms with Gasteiger partial charge in [-0.15, -0.1) is 24.0 Å². The fourth-order valence-corrected chi connectivity index (χ4v) is 2.17. The second-order valence-corrected chi connectivity index (χ2v) is 4.91. The fraction of sp³-hybridized carbons (Fsp3) is 0.278. The Kier molecular flexibility index (Phi) is 8.99. The molecule has 0 spiro atoms. The van der Waals surface area contributed by atoms with Crippen LogP contribution < -0.4 is 20.5 Å². The highest BCUT2D eigenvalue weighted by atomic mass is 127. The van der Waals surface area contributed by atoms with Gasteiger partial charge >= 0.3 is 0 Å². The number of benzene rings is 2. The summed E-state index contributed by atoms with van der Waals surface area (Å²) in [4.78, 5) is 4.36. The van der Waals surface area contributed by atoms with Crippen LogP contribution in [-0.4, -0.2) is 26.2 Å². The highest BCUT2D eigenvalue weighted by Gasteiger charge is 2.02. The van der Waals surface area contributed by atoms with E-state index >= 15 is 0 Å². The van der Waals surface area contributed by atoms with Crippen molar-refractivity contribution in [2.75, 3.05) is 25.6 Å². The van der Waals surface area contributed by atoms with Crippen LogP contribution in [0.2, 0.25) is 0 Å². The molecule has 0 atom stereocenters. The summed E-state index contributed by atoms with van der Waals surface area (Å²) < 4.78 is 10.7. The van der Waals surface area contributed by atoms with Crippen molar-refractivity contribution in [3.8, 4) is 11.5 Å². The van der Waals surface area contributed by atoms with Gasteiger partial charge in [0.2, 0.25) is 0 Å². The van der Waals surface area contributed by atoms with Gasteiger partial charge in [-0.05, 0) is 49.2 Å². The molecule has 3 N–H and O–H groups in total. The maximum Gasteiger partial charge on any atom is 0.193 e. The number of hydrogen-bond donors (Lipinski definition) is 2. The molecule has 130 valence electrons. The first-order valence-corrected chi connectivity index (χ1v) is 7.64. The molecule has 0 amide bonds. The van der Waals surface area contributed by atoms with Gasteiger partial charge in [-0.25, -0.2) is 0 Å². The Labute approximate surface area is 160 Å². The third-order valence-corrected chi connectivity index (χ3v) is 3.30. The fourth-order valence-electron chi connectivity index (χ4n) is 2.17. The molecule has 0 saturated heterocycles. The molecule has 0 radical (unpaired) electrons. The molecule has 0 aliphatic carbocycles. The van der Waals surface area contributed by atoms with Gasteiger partial charge < -0.3 is 20.5 Å². The number of anilines is 1. The Hall–Kier alpha value is -1.96. The lowest BCUT2D eigenvalue weighted by Gasteiger charge is -2.09. The van der Waals surface area contributed by atoms with Gasteiger partial charge in [0.1, 0.15) is 11.5 Å². The number of halogens is 1. The van der Waals surface area contributed by atoms with Gasteiger partial charge in [0.15, 0.2) is 5.96 Å². The lowest BCUT2D eigenvalue weighted by Crippen LogP contribution is -2.23. The minimum atomic E-state index is 0. The van der Waals surface area contributed by atoms with Crippen molar-refractivity contribution in [3.63, 3.8) is 0 Å². The normalized spacial score (nSPS) is 10.7. The van der Waals surface area contributed by atoms with Gasteiger partial charge in [0, 0.05) is 12.2 Å². The molecule has 6 heteroatoms. The summed E-state index contributed by atoms with van der Waals surface area (Å²) in [7, 11) is 1.64. The van der Waals surface area contributed by atoms with Crippen LogP contribution in [0, 0.1) is 0 Å². The van der Waals surface area contributed by atoms with Crippen LogP contribution in [0.3, 0.4) is 0 Å². The van der Waals surface area contributed by atoms with E-state index in [2.05, 4.69) is 10.3 Å². The first kappa shape index (κ1) is 20.1. The molecule has 0 aliphatic heterocycles. The molecule has 0 aromatic heterocycles.